The smallest absolute Gasteiger partial charge is 0.145 e. The van der Waals surface area contributed by atoms with E-state index in [1.807, 2.05) is 20.0 Å². The molecule has 0 aliphatic heterocycles. The Morgan fingerprint density at radius 2 is 2.32 bits per heavy atom. The molecule has 0 saturated heterocycles. The summed E-state index contributed by atoms with van der Waals surface area (Å²) in [5.74, 6) is 0.873. The summed E-state index contributed by atoms with van der Waals surface area (Å²) in [5, 5.41) is 10.9. The van der Waals surface area contributed by atoms with Crippen LogP contribution in [0.4, 0.5) is 0 Å². The molecule has 3 rings (SSSR count). The molecule has 1 N–H and O–H groups in total. The minimum absolute atomic E-state index is 0.392. The van der Waals surface area contributed by atoms with Crippen LogP contribution in [-0.2, 0) is 13.0 Å². The minimum Gasteiger partial charge on any atom is -0.487 e. The van der Waals surface area contributed by atoms with Gasteiger partial charge in [0.25, 0.3) is 0 Å². The number of aryl methyl sites for hydroxylation is 2. The van der Waals surface area contributed by atoms with Gasteiger partial charge in [-0.1, -0.05) is 16.4 Å². The van der Waals surface area contributed by atoms with Crippen molar-refractivity contribution in [3.63, 3.8) is 0 Å². The van der Waals surface area contributed by atoms with Gasteiger partial charge in [0.05, 0.1) is 0 Å². The van der Waals surface area contributed by atoms with Crippen LogP contribution in [0.1, 0.15) is 35.0 Å². The first kappa shape index (κ1) is 12.2. The molecule has 1 heterocycles. The minimum atomic E-state index is 0.392. The largest absolute Gasteiger partial charge is 0.487 e. The van der Waals surface area contributed by atoms with Crippen LogP contribution in [-0.4, -0.2) is 17.4 Å². The van der Waals surface area contributed by atoms with Crippen LogP contribution in [0.15, 0.2) is 22.8 Å². The van der Waals surface area contributed by atoms with Crippen molar-refractivity contribution in [1.29, 1.82) is 0 Å². The molecular weight excluding hydrogens is 242 g/mol. The van der Waals surface area contributed by atoms with Gasteiger partial charge in [-0.25, -0.2) is 4.63 Å². The molecule has 100 valence electrons. The van der Waals surface area contributed by atoms with Crippen LogP contribution in [0.5, 0.6) is 5.75 Å². The number of rotatable bonds is 4. The van der Waals surface area contributed by atoms with E-state index in [1.54, 1.807) is 0 Å². The van der Waals surface area contributed by atoms with Gasteiger partial charge in [0.1, 0.15) is 23.7 Å². The normalized spacial score (nSPS) is 17.5. The van der Waals surface area contributed by atoms with Crippen molar-refractivity contribution < 1.29 is 9.37 Å². The number of fused-ring (bicyclic) bond motifs is 1. The highest BCUT2D eigenvalue weighted by Gasteiger charge is 2.21. The lowest BCUT2D eigenvalue weighted by Crippen LogP contribution is -2.12. The van der Waals surface area contributed by atoms with Crippen molar-refractivity contribution in [1.82, 2.24) is 15.6 Å². The van der Waals surface area contributed by atoms with E-state index in [-0.39, 0.29) is 0 Å². The zero-order valence-corrected chi connectivity index (χ0v) is 11.1. The number of nitrogens with one attached hydrogen (secondary N) is 1. The standard InChI is InChI=1S/C14H17N3O2/c1-9-14(17-19-16-9)8-18-11-4-5-12-10(7-11)3-6-13(12)15-2/h4-5,7,13,15H,3,6,8H2,1-2H3. The van der Waals surface area contributed by atoms with Gasteiger partial charge in [0.2, 0.25) is 0 Å². The third-order valence-electron chi connectivity index (χ3n) is 3.66. The molecule has 1 unspecified atom stereocenters. The van der Waals surface area contributed by atoms with E-state index >= 15 is 0 Å². The monoisotopic (exact) mass is 259 g/mol. The van der Waals surface area contributed by atoms with Crippen LogP contribution in [0.2, 0.25) is 0 Å². The first-order valence-corrected chi connectivity index (χ1v) is 6.49. The van der Waals surface area contributed by atoms with Crippen molar-refractivity contribution in [3.05, 3.63) is 40.7 Å². The van der Waals surface area contributed by atoms with Crippen molar-refractivity contribution in [2.24, 2.45) is 0 Å². The molecule has 1 aliphatic rings. The van der Waals surface area contributed by atoms with Crippen LogP contribution >= 0.6 is 0 Å². The van der Waals surface area contributed by atoms with E-state index < -0.39 is 0 Å². The van der Waals surface area contributed by atoms with E-state index in [0.29, 0.717) is 12.6 Å². The van der Waals surface area contributed by atoms with Crippen LogP contribution in [0.3, 0.4) is 0 Å². The quantitative estimate of drug-likeness (QED) is 0.911. The van der Waals surface area contributed by atoms with E-state index in [2.05, 4.69) is 32.4 Å². The fourth-order valence-electron chi connectivity index (χ4n) is 2.52. The van der Waals surface area contributed by atoms with Crippen molar-refractivity contribution in [3.8, 4) is 5.75 Å². The molecule has 1 aliphatic carbocycles. The molecule has 0 fully saturated rings. The van der Waals surface area contributed by atoms with E-state index in [4.69, 9.17) is 4.74 Å². The Labute approximate surface area is 111 Å². The lowest BCUT2D eigenvalue weighted by atomic mass is 10.1. The summed E-state index contributed by atoms with van der Waals surface area (Å²) >= 11 is 0. The highest BCUT2D eigenvalue weighted by atomic mass is 16.6. The van der Waals surface area contributed by atoms with Crippen LogP contribution in [0, 0.1) is 6.92 Å². The SMILES string of the molecule is CNC1CCc2cc(OCc3nonc3C)ccc21. The van der Waals surface area contributed by atoms with E-state index in [0.717, 1.165) is 30.0 Å². The predicted octanol–water partition coefficient (Wildman–Crippen LogP) is 2.16. The summed E-state index contributed by atoms with van der Waals surface area (Å²) < 4.78 is 10.4. The van der Waals surface area contributed by atoms with Gasteiger partial charge in [0, 0.05) is 6.04 Å². The zero-order valence-electron chi connectivity index (χ0n) is 11.1. The van der Waals surface area contributed by atoms with Gasteiger partial charge in [-0.3, -0.25) is 0 Å². The third-order valence-corrected chi connectivity index (χ3v) is 3.66. The first-order chi connectivity index (χ1) is 9.28. The molecule has 0 radical (unpaired) electrons. The second-order valence-corrected chi connectivity index (χ2v) is 4.83. The lowest BCUT2D eigenvalue weighted by molar-refractivity contribution is 0.270. The van der Waals surface area contributed by atoms with Crippen molar-refractivity contribution in [2.45, 2.75) is 32.4 Å². The highest BCUT2D eigenvalue weighted by Crippen LogP contribution is 2.33. The fraction of sp³-hybridized carbons (Fsp3) is 0.429. The maximum Gasteiger partial charge on any atom is 0.145 e. The maximum absolute atomic E-state index is 5.74. The zero-order chi connectivity index (χ0) is 13.2. The van der Waals surface area contributed by atoms with Crippen LogP contribution in [0.25, 0.3) is 0 Å². The molecule has 5 nitrogen and oxygen atoms in total. The Kier molecular flexibility index (Phi) is 3.21. The second-order valence-electron chi connectivity index (χ2n) is 4.83. The lowest BCUT2D eigenvalue weighted by Gasteiger charge is -2.11. The number of ether oxygens (including phenoxy) is 1. The Balaban J connectivity index is 1.72. The molecule has 5 heteroatoms. The molecular formula is C14H17N3O2. The van der Waals surface area contributed by atoms with Gasteiger partial charge >= 0.3 is 0 Å². The summed E-state index contributed by atoms with van der Waals surface area (Å²) in [6, 6.07) is 6.76. The molecule has 1 aromatic carbocycles. The number of nitrogens with zero attached hydrogens (tertiary/aromatic N) is 2. The number of hydrogen-bond donors (Lipinski definition) is 1. The summed E-state index contributed by atoms with van der Waals surface area (Å²) in [5.41, 5.74) is 4.27. The summed E-state index contributed by atoms with van der Waals surface area (Å²) in [6.45, 7) is 2.25. The molecule has 1 atom stereocenters. The average Bonchev–Trinajstić information content (AvgIpc) is 3.01. The number of aromatic nitrogens is 2. The Morgan fingerprint density at radius 3 is 3.05 bits per heavy atom. The number of benzene rings is 1. The summed E-state index contributed by atoms with van der Waals surface area (Å²) in [7, 11) is 2.00. The van der Waals surface area contributed by atoms with Crippen LogP contribution < -0.4 is 10.1 Å². The molecule has 1 aromatic heterocycles. The molecule has 0 spiro atoms. The van der Waals surface area contributed by atoms with Gasteiger partial charge in [0.15, 0.2) is 0 Å². The molecule has 0 saturated carbocycles. The summed E-state index contributed by atoms with van der Waals surface area (Å²) in [4.78, 5) is 0. The van der Waals surface area contributed by atoms with Gasteiger partial charge in [-0.2, -0.15) is 0 Å². The Bertz CT molecular complexity index is 580. The second kappa shape index (κ2) is 5.01. The van der Waals surface area contributed by atoms with E-state index in [1.165, 1.54) is 11.1 Å². The predicted molar refractivity (Wildman–Crippen MR) is 69.9 cm³/mol. The van der Waals surface area contributed by atoms with E-state index in [9.17, 15) is 0 Å². The molecule has 0 bridgehead atoms. The average molecular weight is 259 g/mol. The maximum atomic E-state index is 5.74. The fourth-order valence-corrected chi connectivity index (χ4v) is 2.52. The van der Waals surface area contributed by atoms with Gasteiger partial charge in [-0.05, 0) is 50.1 Å². The molecule has 0 amide bonds. The first-order valence-electron chi connectivity index (χ1n) is 6.49. The Morgan fingerprint density at radius 1 is 1.42 bits per heavy atom. The molecule has 2 aromatic rings. The highest BCUT2D eigenvalue weighted by molar-refractivity contribution is 5.40. The van der Waals surface area contributed by atoms with Gasteiger partial charge < -0.3 is 10.1 Å². The topological polar surface area (TPSA) is 60.2 Å². The van der Waals surface area contributed by atoms with Gasteiger partial charge in [-0.15, -0.1) is 0 Å². The summed E-state index contributed by atoms with van der Waals surface area (Å²) in [6.07, 6.45) is 2.25. The number of hydrogen-bond acceptors (Lipinski definition) is 5. The third kappa shape index (κ3) is 2.33. The van der Waals surface area contributed by atoms with Crippen molar-refractivity contribution in [2.75, 3.05) is 7.05 Å². The van der Waals surface area contributed by atoms with Crippen molar-refractivity contribution >= 4 is 0 Å². The molecule has 19 heavy (non-hydrogen) atoms. The Hall–Kier alpha value is -1.88.